The summed E-state index contributed by atoms with van der Waals surface area (Å²) in [7, 11) is -3.84. The molecule has 1 fully saturated rings. The number of fused-ring (bicyclic) bond motifs is 1. The monoisotopic (exact) mass is 402 g/mol. The number of hydrogen-bond acceptors (Lipinski definition) is 6. The lowest BCUT2D eigenvalue weighted by Crippen LogP contribution is -2.40. The van der Waals surface area contributed by atoms with Crippen molar-refractivity contribution in [1.29, 1.82) is 0 Å². The molecule has 0 aliphatic carbocycles. The van der Waals surface area contributed by atoms with E-state index < -0.39 is 10.0 Å². The number of amides is 1. The molecule has 26 heavy (non-hydrogen) atoms. The standard InChI is InChI=1S/C16H19ClN2O6S/c1-2-24-16(21)10-3-5-19(6-4-10)26(22,23)14-8-13-12(7-11(14)17)18-15(20)9-25-13/h7-8,10H,2-6,9H2,1H3,(H,18,20). The first-order valence-electron chi connectivity index (χ1n) is 8.26. The summed E-state index contributed by atoms with van der Waals surface area (Å²) in [4.78, 5) is 23.1. The molecule has 0 saturated carbocycles. The van der Waals surface area contributed by atoms with Crippen molar-refractivity contribution in [3.63, 3.8) is 0 Å². The van der Waals surface area contributed by atoms with Crippen LogP contribution in [0.1, 0.15) is 19.8 Å². The van der Waals surface area contributed by atoms with Crippen LogP contribution in [0, 0.1) is 5.92 Å². The van der Waals surface area contributed by atoms with Crippen LogP contribution in [0.3, 0.4) is 0 Å². The Morgan fingerprint density at radius 1 is 1.38 bits per heavy atom. The molecule has 1 saturated heterocycles. The number of rotatable bonds is 4. The summed E-state index contributed by atoms with van der Waals surface area (Å²) in [6.45, 7) is 2.27. The summed E-state index contributed by atoms with van der Waals surface area (Å²) in [6.07, 6.45) is 0.792. The third-order valence-corrected chi connectivity index (χ3v) is 6.72. The fourth-order valence-corrected chi connectivity index (χ4v) is 5.00. The summed E-state index contributed by atoms with van der Waals surface area (Å²) in [5.74, 6) is -0.654. The van der Waals surface area contributed by atoms with E-state index in [9.17, 15) is 18.0 Å². The maximum Gasteiger partial charge on any atom is 0.309 e. The maximum atomic E-state index is 12.9. The molecule has 0 bridgehead atoms. The summed E-state index contributed by atoms with van der Waals surface area (Å²) < 4.78 is 37.5. The third-order valence-electron chi connectivity index (χ3n) is 4.36. The lowest BCUT2D eigenvalue weighted by molar-refractivity contribution is -0.149. The number of esters is 1. The van der Waals surface area contributed by atoms with Crippen LogP contribution in [0.25, 0.3) is 0 Å². The van der Waals surface area contributed by atoms with Gasteiger partial charge in [-0.05, 0) is 25.8 Å². The maximum absolute atomic E-state index is 12.9. The zero-order valence-corrected chi connectivity index (χ0v) is 15.7. The average Bonchev–Trinajstić information content (AvgIpc) is 2.61. The van der Waals surface area contributed by atoms with E-state index in [-0.39, 0.29) is 53.2 Å². The lowest BCUT2D eigenvalue weighted by Gasteiger charge is -2.30. The molecule has 10 heteroatoms. The first kappa shape index (κ1) is 18.9. The molecule has 3 rings (SSSR count). The molecule has 8 nitrogen and oxygen atoms in total. The van der Waals surface area contributed by atoms with Crippen molar-refractivity contribution < 1.29 is 27.5 Å². The number of nitrogens with zero attached hydrogens (tertiary/aromatic N) is 1. The van der Waals surface area contributed by atoms with Crippen LogP contribution < -0.4 is 10.1 Å². The van der Waals surface area contributed by atoms with E-state index in [2.05, 4.69) is 5.32 Å². The van der Waals surface area contributed by atoms with E-state index in [1.165, 1.54) is 16.4 Å². The molecule has 2 aliphatic rings. The normalized spacial score (nSPS) is 18.6. The lowest BCUT2D eigenvalue weighted by atomic mass is 9.98. The summed E-state index contributed by atoms with van der Waals surface area (Å²) >= 11 is 6.15. The van der Waals surface area contributed by atoms with E-state index in [1.807, 2.05) is 0 Å². The van der Waals surface area contributed by atoms with Crippen LogP contribution in [0.4, 0.5) is 5.69 Å². The van der Waals surface area contributed by atoms with E-state index >= 15 is 0 Å². The first-order valence-corrected chi connectivity index (χ1v) is 10.1. The van der Waals surface area contributed by atoms with Crippen molar-refractivity contribution >= 4 is 39.2 Å². The molecule has 0 spiro atoms. The van der Waals surface area contributed by atoms with Gasteiger partial charge < -0.3 is 14.8 Å². The number of halogens is 1. The zero-order chi connectivity index (χ0) is 18.9. The highest BCUT2D eigenvalue weighted by molar-refractivity contribution is 7.89. The van der Waals surface area contributed by atoms with Gasteiger partial charge in [0.25, 0.3) is 5.91 Å². The van der Waals surface area contributed by atoms with Crippen molar-refractivity contribution in [1.82, 2.24) is 4.31 Å². The van der Waals surface area contributed by atoms with Gasteiger partial charge in [-0.1, -0.05) is 11.6 Å². The predicted molar refractivity (Wildman–Crippen MR) is 93.7 cm³/mol. The van der Waals surface area contributed by atoms with Gasteiger partial charge in [-0.15, -0.1) is 0 Å². The number of carbonyl (C=O) groups excluding carboxylic acids is 2. The highest BCUT2D eigenvalue weighted by atomic mass is 35.5. The molecule has 142 valence electrons. The second-order valence-corrected chi connectivity index (χ2v) is 8.36. The highest BCUT2D eigenvalue weighted by Crippen LogP contribution is 2.37. The first-order chi connectivity index (χ1) is 12.3. The predicted octanol–water partition coefficient (Wildman–Crippen LogP) is 1.63. The molecule has 1 aromatic carbocycles. The van der Waals surface area contributed by atoms with Crippen molar-refractivity contribution in [3.8, 4) is 5.75 Å². The molecular weight excluding hydrogens is 384 g/mol. The van der Waals surface area contributed by atoms with Crippen LogP contribution in [0.15, 0.2) is 17.0 Å². The number of benzene rings is 1. The van der Waals surface area contributed by atoms with Crippen LogP contribution >= 0.6 is 11.6 Å². The SMILES string of the molecule is CCOC(=O)C1CCN(S(=O)(=O)c2cc3c(cc2Cl)NC(=O)CO3)CC1. The van der Waals surface area contributed by atoms with Gasteiger partial charge in [-0.3, -0.25) is 9.59 Å². The van der Waals surface area contributed by atoms with E-state index in [0.29, 0.717) is 25.1 Å². The Hall–Kier alpha value is -1.84. The van der Waals surface area contributed by atoms with Crippen molar-refractivity contribution in [2.75, 3.05) is 31.6 Å². The van der Waals surface area contributed by atoms with Gasteiger partial charge in [0.1, 0.15) is 10.6 Å². The fourth-order valence-electron chi connectivity index (χ4n) is 3.01. The zero-order valence-electron chi connectivity index (χ0n) is 14.2. The number of ether oxygens (including phenoxy) is 2. The second kappa shape index (κ2) is 7.42. The Labute approximate surface area is 156 Å². The van der Waals surface area contributed by atoms with Crippen molar-refractivity contribution in [2.24, 2.45) is 5.92 Å². The largest absolute Gasteiger partial charge is 0.482 e. The van der Waals surface area contributed by atoms with Gasteiger partial charge >= 0.3 is 5.97 Å². The fraction of sp³-hybridized carbons (Fsp3) is 0.500. The number of carbonyl (C=O) groups is 2. The Morgan fingerprint density at radius 3 is 2.73 bits per heavy atom. The molecule has 0 unspecified atom stereocenters. The minimum absolute atomic E-state index is 0.00191. The topological polar surface area (TPSA) is 102 Å². The molecule has 2 aliphatic heterocycles. The second-order valence-electron chi connectivity index (χ2n) is 6.05. The Kier molecular flexibility index (Phi) is 5.40. The summed E-state index contributed by atoms with van der Waals surface area (Å²) in [5, 5.41) is 2.58. The molecule has 0 radical (unpaired) electrons. The number of anilines is 1. The Balaban J connectivity index is 1.79. The quantitative estimate of drug-likeness (QED) is 0.768. The smallest absolute Gasteiger partial charge is 0.309 e. The van der Waals surface area contributed by atoms with E-state index in [4.69, 9.17) is 21.1 Å². The van der Waals surface area contributed by atoms with Crippen LogP contribution in [0.2, 0.25) is 5.02 Å². The van der Waals surface area contributed by atoms with Crippen LogP contribution in [0.5, 0.6) is 5.75 Å². The summed E-state index contributed by atoms with van der Waals surface area (Å²) in [5.41, 5.74) is 0.339. The van der Waals surface area contributed by atoms with E-state index in [0.717, 1.165) is 0 Å². The Morgan fingerprint density at radius 2 is 2.08 bits per heavy atom. The minimum atomic E-state index is -3.84. The van der Waals surface area contributed by atoms with Crippen LogP contribution in [-0.2, 0) is 24.3 Å². The third kappa shape index (κ3) is 3.65. The van der Waals surface area contributed by atoms with Gasteiger partial charge in [0, 0.05) is 19.2 Å². The molecule has 0 atom stereocenters. The van der Waals surface area contributed by atoms with Gasteiger partial charge in [-0.25, -0.2) is 8.42 Å². The molecular formula is C16H19ClN2O6S. The van der Waals surface area contributed by atoms with Gasteiger partial charge in [0.15, 0.2) is 6.61 Å². The van der Waals surface area contributed by atoms with Crippen molar-refractivity contribution in [2.45, 2.75) is 24.7 Å². The molecule has 0 aromatic heterocycles. The Bertz CT molecular complexity index is 833. The molecule has 1 N–H and O–H groups in total. The number of nitrogens with one attached hydrogen (secondary N) is 1. The number of sulfonamides is 1. The molecule has 1 amide bonds. The summed E-state index contributed by atoms with van der Waals surface area (Å²) in [6, 6.07) is 2.69. The van der Waals surface area contributed by atoms with Crippen LogP contribution in [-0.4, -0.2) is 50.9 Å². The minimum Gasteiger partial charge on any atom is -0.482 e. The van der Waals surface area contributed by atoms with Crippen molar-refractivity contribution in [3.05, 3.63) is 17.2 Å². The van der Waals surface area contributed by atoms with E-state index in [1.54, 1.807) is 6.92 Å². The average molecular weight is 403 g/mol. The molecule has 2 heterocycles. The number of piperidine rings is 1. The molecule has 1 aromatic rings. The van der Waals surface area contributed by atoms with Gasteiger partial charge in [-0.2, -0.15) is 4.31 Å². The highest BCUT2D eigenvalue weighted by Gasteiger charge is 2.34. The van der Waals surface area contributed by atoms with Gasteiger partial charge in [0.2, 0.25) is 10.0 Å². The number of hydrogen-bond donors (Lipinski definition) is 1. The van der Waals surface area contributed by atoms with Gasteiger partial charge in [0.05, 0.1) is 23.2 Å².